The number of benzene rings is 1. The Balaban J connectivity index is 2.51. The summed E-state index contributed by atoms with van der Waals surface area (Å²) in [6.07, 6.45) is 25.7. The van der Waals surface area contributed by atoms with Gasteiger partial charge < -0.3 is 10.2 Å². The van der Waals surface area contributed by atoms with Crippen LogP contribution in [0.4, 0.5) is 0 Å². The van der Waals surface area contributed by atoms with Gasteiger partial charge in [0, 0.05) is 16.2 Å². The van der Waals surface area contributed by atoms with Crippen molar-refractivity contribution < 1.29 is 19.8 Å². The Labute approximate surface area is 196 Å². The maximum Gasteiger partial charge on any atom is 0.335 e. The third kappa shape index (κ3) is 14.5. The third-order valence-corrected chi connectivity index (χ3v) is 6.03. The van der Waals surface area contributed by atoms with E-state index in [2.05, 4.69) is 25.2 Å². The van der Waals surface area contributed by atoms with Crippen molar-refractivity contribution in [2.45, 2.75) is 74.9 Å². The van der Waals surface area contributed by atoms with E-state index < -0.39 is 11.9 Å². The molecule has 2 N–H and O–H groups in total. The van der Waals surface area contributed by atoms with Crippen molar-refractivity contribution in [1.29, 1.82) is 0 Å². The molecule has 0 spiro atoms. The van der Waals surface area contributed by atoms with E-state index in [0.29, 0.717) is 6.42 Å². The van der Waals surface area contributed by atoms with Gasteiger partial charge in [-0.3, -0.25) is 0 Å². The van der Waals surface area contributed by atoms with E-state index in [1.54, 1.807) is 30.0 Å². The summed E-state index contributed by atoms with van der Waals surface area (Å²) in [5, 5.41) is 17.9. The van der Waals surface area contributed by atoms with Crippen LogP contribution in [-0.2, 0) is 4.79 Å². The van der Waals surface area contributed by atoms with Gasteiger partial charge in [-0.1, -0.05) is 81.6 Å². The van der Waals surface area contributed by atoms with Crippen LogP contribution in [0.2, 0.25) is 0 Å². The lowest BCUT2D eigenvalue weighted by molar-refractivity contribution is -0.131. The zero-order chi connectivity index (χ0) is 23.4. The molecule has 0 saturated heterocycles. The Morgan fingerprint density at radius 1 is 0.875 bits per heavy atom. The molecule has 0 bridgehead atoms. The first-order chi connectivity index (χ1) is 15.5. The normalized spacial score (nSPS) is 13.0. The van der Waals surface area contributed by atoms with Crippen molar-refractivity contribution in [3.63, 3.8) is 0 Å². The van der Waals surface area contributed by atoms with Gasteiger partial charge in [-0.2, -0.15) is 0 Å². The molecule has 32 heavy (non-hydrogen) atoms. The van der Waals surface area contributed by atoms with Crippen molar-refractivity contribution in [3.05, 3.63) is 78.4 Å². The van der Waals surface area contributed by atoms with Crippen LogP contribution in [0.1, 0.15) is 75.1 Å². The lowest BCUT2D eigenvalue weighted by atomic mass is 10.1. The number of rotatable bonds is 17. The van der Waals surface area contributed by atoms with Crippen LogP contribution in [0.3, 0.4) is 0 Å². The summed E-state index contributed by atoms with van der Waals surface area (Å²) in [5.74, 6) is -1.88. The van der Waals surface area contributed by atoms with Crippen LogP contribution < -0.4 is 0 Å². The molecule has 1 rings (SSSR count). The van der Waals surface area contributed by atoms with E-state index in [-0.39, 0.29) is 10.8 Å². The zero-order valence-corrected chi connectivity index (χ0v) is 19.8. The van der Waals surface area contributed by atoms with Gasteiger partial charge >= 0.3 is 11.9 Å². The van der Waals surface area contributed by atoms with Gasteiger partial charge in [-0.05, 0) is 49.9 Å². The highest BCUT2D eigenvalue weighted by atomic mass is 32.2. The van der Waals surface area contributed by atoms with Crippen LogP contribution in [0.25, 0.3) is 0 Å². The quantitative estimate of drug-likeness (QED) is 0.109. The molecule has 1 aromatic carbocycles. The molecule has 1 aromatic rings. The maximum atomic E-state index is 11.0. The fourth-order valence-electron chi connectivity index (χ4n) is 3.02. The van der Waals surface area contributed by atoms with E-state index >= 15 is 0 Å². The van der Waals surface area contributed by atoms with Gasteiger partial charge in [0.25, 0.3) is 0 Å². The van der Waals surface area contributed by atoms with Crippen LogP contribution in [-0.4, -0.2) is 27.4 Å². The van der Waals surface area contributed by atoms with Crippen LogP contribution in [0.5, 0.6) is 0 Å². The number of carbonyl (C=O) groups is 2. The Hall–Kier alpha value is -2.53. The number of thioether (sulfide) groups is 1. The minimum Gasteiger partial charge on any atom is -0.478 e. The van der Waals surface area contributed by atoms with Gasteiger partial charge in [-0.25, -0.2) is 9.59 Å². The smallest absolute Gasteiger partial charge is 0.335 e. The van der Waals surface area contributed by atoms with E-state index in [0.717, 1.165) is 17.7 Å². The number of carboxylic acid groups (broad SMARTS) is 2. The number of hydrogen-bond acceptors (Lipinski definition) is 3. The summed E-state index contributed by atoms with van der Waals surface area (Å²) in [4.78, 5) is 22.6. The van der Waals surface area contributed by atoms with E-state index in [1.165, 1.54) is 44.6 Å². The molecule has 0 amide bonds. The number of unbranched alkanes of at least 4 members (excludes halogenated alkanes) is 6. The summed E-state index contributed by atoms with van der Waals surface area (Å²) < 4.78 is 0. The van der Waals surface area contributed by atoms with Gasteiger partial charge in [0.2, 0.25) is 0 Å². The minimum atomic E-state index is -0.940. The Kier molecular flexibility index (Phi) is 15.5. The second-order valence-electron chi connectivity index (χ2n) is 7.56. The van der Waals surface area contributed by atoms with Crippen molar-refractivity contribution in [2.24, 2.45) is 0 Å². The second kappa shape index (κ2) is 18.1. The molecular formula is C27H36O4S. The van der Waals surface area contributed by atoms with E-state index in [1.807, 2.05) is 30.4 Å². The fourth-order valence-corrected chi connectivity index (χ4v) is 4.09. The molecule has 0 fully saturated rings. The molecule has 0 radical (unpaired) electrons. The molecule has 4 nitrogen and oxygen atoms in total. The molecule has 5 heteroatoms. The number of hydrogen-bond donors (Lipinski definition) is 2. The summed E-state index contributed by atoms with van der Waals surface area (Å²) in [6.45, 7) is 2.24. The number of carboxylic acids is 2. The van der Waals surface area contributed by atoms with Crippen LogP contribution >= 0.6 is 11.8 Å². The zero-order valence-electron chi connectivity index (χ0n) is 19.0. The van der Waals surface area contributed by atoms with Crippen molar-refractivity contribution in [2.75, 3.05) is 0 Å². The first-order valence-electron chi connectivity index (χ1n) is 11.4. The molecule has 0 aliphatic heterocycles. The lowest BCUT2D eigenvalue weighted by Gasteiger charge is -2.11. The van der Waals surface area contributed by atoms with E-state index in [4.69, 9.17) is 10.2 Å². The van der Waals surface area contributed by atoms with Crippen molar-refractivity contribution in [3.8, 4) is 0 Å². The fraction of sp³-hybridized carbons (Fsp3) is 0.407. The Morgan fingerprint density at radius 2 is 1.56 bits per heavy atom. The SMILES string of the molecule is CCCCCCCCC=CC=CC=CC(CCC=CC(=O)O)Sc1ccc(C(=O)O)cc1. The average Bonchev–Trinajstić information content (AvgIpc) is 2.77. The molecule has 0 aromatic heterocycles. The van der Waals surface area contributed by atoms with E-state index in [9.17, 15) is 9.59 Å². The highest BCUT2D eigenvalue weighted by molar-refractivity contribution is 8.00. The topological polar surface area (TPSA) is 74.6 Å². The van der Waals surface area contributed by atoms with Gasteiger partial charge in [-0.15, -0.1) is 11.8 Å². The predicted molar refractivity (Wildman–Crippen MR) is 134 cm³/mol. The highest BCUT2D eigenvalue weighted by Crippen LogP contribution is 2.28. The number of allylic oxidation sites excluding steroid dienone is 6. The van der Waals surface area contributed by atoms with Crippen LogP contribution in [0.15, 0.2) is 77.8 Å². The Bertz CT molecular complexity index is 775. The molecule has 1 atom stereocenters. The molecule has 0 aliphatic rings. The van der Waals surface area contributed by atoms with Gasteiger partial charge in [0.05, 0.1) is 5.56 Å². The molecule has 0 heterocycles. The minimum absolute atomic E-state index is 0.154. The van der Waals surface area contributed by atoms with Gasteiger partial charge in [0.1, 0.15) is 0 Å². The first kappa shape index (κ1) is 27.5. The molecular weight excluding hydrogens is 420 g/mol. The van der Waals surface area contributed by atoms with Crippen molar-refractivity contribution >= 4 is 23.7 Å². The summed E-state index contributed by atoms with van der Waals surface area (Å²) in [7, 11) is 0. The molecule has 0 aliphatic carbocycles. The second-order valence-corrected chi connectivity index (χ2v) is 8.87. The Morgan fingerprint density at radius 3 is 2.25 bits per heavy atom. The largest absolute Gasteiger partial charge is 0.478 e. The molecule has 174 valence electrons. The summed E-state index contributed by atoms with van der Waals surface area (Å²) in [6, 6.07) is 6.82. The third-order valence-electron chi connectivity index (χ3n) is 4.79. The van der Waals surface area contributed by atoms with Crippen molar-refractivity contribution in [1.82, 2.24) is 0 Å². The number of aromatic carboxylic acids is 1. The molecule has 1 unspecified atom stereocenters. The number of aliphatic carboxylic acids is 1. The summed E-state index contributed by atoms with van der Waals surface area (Å²) in [5.41, 5.74) is 0.265. The maximum absolute atomic E-state index is 11.0. The lowest BCUT2D eigenvalue weighted by Crippen LogP contribution is -1.99. The predicted octanol–water partition coefficient (Wildman–Crippen LogP) is 7.69. The standard InChI is InChI=1S/C27H36O4S/c1-2-3-4-5-6-7-8-9-10-11-12-13-16-24(17-14-15-18-26(28)29)32-25-21-19-23(20-22-25)27(30)31/h9-13,15-16,18-22,24H,2-8,14,17H2,1H3,(H,28,29)(H,30,31). The average molecular weight is 457 g/mol. The monoisotopic (exact) mass is 456 g/mol. The summed E-state index contributed by atoms with van der Waals surface area (Å²) >= 11 is 1.64. The highest BCUT2D eigenvalue weighted by Gasteiger charge is 2.08. The molecule has 0 saturated carbocycles. The first-order valence-corrected chi connectivity index (χ1v) is 12.3. The van der Waals surface area contributed by atoms with Gasteiger partial charge in [0.15, 0.2) is 0 Å². The van der Waals surface area contributed by atoms with Crippen LogP contribution in [0, 0.1) is 0 Å².